The summed E-state index contributed by atoms with van der Waals surface area (Å²) in [6.45, 7) is 8.85. The minimum Gasteiger partial charge on any atom is -0.496 e. The van der Waals surface area contributed by atoms with Gasteiger partial charge in [-0.25, -0.2) is 4.98 Å². The number of morpholine rings is 2. The average molecular weight is 647 g/mol. The maximum Gasteiger partial charge on any atom is 0.311 e. The summed E-state index contributed by atoms with van der Waals surface area (Å²) in [6, 6.07) is 11.6. The molecule has 12 heteroatoms. The number of anilines is 1. The summed E-state index contributed by atoms with van der Waals surface area (Å²) in [5, 5.41) is 4.50. The van der Waals surface area contributed by atoms with E-state index in [1.165, 1.54) is 12.8 Å². The highest BCUT2D eigenvalue weighted by Gasteiger charge is 2.39. The maximum absolute atomic E-state index is 12.3. The molecule has 4 saturated heterocycles. The van der Waals surface area contributed by atoms with Crippen molar-refractivity contribution in [2.24, 2.45) is 5.41 Å². The summed E-state index contributed by atoms with van der Waals surface area (Å²) in [7, 11) is 1.59. The predicted octanol–water partition coefficient (Wildman–Crippen LogP) is 5.37. The molecule has 6 heterocycles. The molecular formula is C32H41Cl2N5O5. The molecule has 0 aliphatic carbocycles. The molecule has 2 aromatic heterocycles. The Kier molecular flexibility index (Phi) is 10.2. The van der Waals surface area contributed by atoms with Crippen molar-refractivity contribution in [1.82, 2.24) is 20.3 Å². The van der Waals surface area contributed by atoms with Gasteiger partial charge in [-0.1, -0.05) is 0 Å². The Hall–Kier alpha value is -2.76. The smallest absolute Gasteiger partial charge is 0.311 e. The number of hydrogen-bond donors (Lipinski definition) is 1. The normalized spacial score (nSPS) is 23.9. The monoisotopic (exact) mass is 645 g/mol. The number of rotatable bonds is 5. The molecule has 7 rings (SSSR count). The molecule has 0 saturated carbocycles. The van der Waals surface area contributed by atoms with Gasteiger partial charge in [-0.3, -0.25) is 4.79 Å². The van der Waals surface area contributed by atoms with Crippen molar-refractivity contribution >= 4 is 46.8 Å². The molecule has 4 aliphatic rings. The van der Waals surface area contributed by atoms with Crippen LogP contribution in [-0.4, -0.2) is 78.6 Å². The third-order valence-electron chi connectivity index (χ3n) is 8.52. The summed E-state index contributed by atoms with van der Waals surface area (Å²) in [5.74, 6) is 1.19. The molecule has 44 heavy (non-hydrogen) atoms. The Morgan fingerprint density at radius 3 is 2.30 bits per heavy atom. The minimum absolute atomic E-state index is 0. The van der Waals surface area contributed by atoms with Crippen LogP contribution in [0.2, 0.25) is 5.28 Å². The number of esters is 1. The van der Waals surface area contributed by atoms with Gasteiger partial charge >= 0.3 is 5.97 Å². The van der Waals surface area contributed by atoms with E-state index >= 15 is 0 Å². The van der Waals surface area contributed by atoms with E-state index in [0.717, 1.165) is 54.1 Å². The molecule has 0 radical (unpaired) electrons. The zero-order chi connectivity index (χ0) is 30.1. The quantitative estimate of drug-likeness (QED) is 0.287. The second-order valence-electron chi connectivity index (χ2n) is 12.7. The number of aromatic nitrogens is 3. The molecule has 3 aromatic rings. The van der Waals surface area contributed by atoms with Crippen LogP contribution in [0.3, 0.4) is 0 Å². The Balaban J connectivity index is 0.000000367. The van der Waals surface area contributed by atoms with Crippen molar-refractivity contribution in [1.29, 1.82) is 0 Å². The molecular weight excluding hydrogens is 605 g/mol. The van der Waals surface area contributed by atoms with E-state index in [9.17, 15) is 4.79 Å². The first-order valence-electron chi connectivity index (χ1n) is 15.1. The summed E-state index contributed by atoms with van der Waals surface area (Å²) in [6.07, 6.45) is 4.80. The van der Waals surface area contributed by atoms with Crippen molar-refractivity contribution in [3.8, 4) is 17.0 Å². The topological polar surface area (TPSA) is 108 Å². The number of nitrogens with one attached hydrogen (secondary N) is 1. The highest BCUT2D eigenvalue weighted by atomic mass is 35.5. The third-order valence-corrected chi connectivity index (χ3v) is 8.69. The van der Waals surface area contributed by atoms with Crippen LogP contribution in [0.15, 0.2) is 30.3 Å². The fourth-order valence-corrected chi connectivity index (χ4v) is 6.39. The Morgan fingerprint density at radius 1 is 0.977 bits per heavy atom. The maximum atomic E-state index is 12.3. The second kappa shape index (κ2) is 13.7. The number of ether oxygens (including phenoxy) is 4. The molecule has 4 aliphatic heterocycles. The fourth-order valence-electron chi connectivity index (χ4n) is 6.23. The van der Waals surface area contributed by atoms with Crippen LogP contribution < -0.4 is 15.0 Å². The average Bonchev–Trinajstić information content (AvgIpc) is 3.46. The van der Waals surface area contributed by atoms with Crippen LogP contribution in [0.1, 0.15) is 52.0 Å². The lowest BCUT2D eigenvalue weighted by Crippen LogP contribution is -2.46. The van der Waals surface area contributed by atoms with Gasteiger partial charge in [0.05, 0.1) is 62.1 Å². The SMILES string of the molecule is C1CC2COCC1N2.COc1ccc(-c2ccc3c(N4C5CCC4COC5)nc(Cl)nc3n2)cc1COC(=O)C(C)(C)C.Cl. The van der Waals surface area contributed by atoms with Crippen molar-refractivity contribution in [2.75, 3.05) is 38.4 Å². The number of hydrogen-bond acceptors (Lipinski definition) is 10. The zero-order valence-electron chi connectivity index (χ0n) is 25.7. The van der Waals surface area contributed by atoms with Crippen LogP contribution in [0, 0.1) is 5.41 Å². The van der Waals surface area contributed by atoms with Crippen LogP contribution in [0.4, 0.5) is 5.82 Å². The van der Waals surface area contributed by atoms with E-state index < -0.39 is 5.41 Å². The van der Waals surface area contributed by atoms with Gasteiger partial charge in [-0.2, -0.15) is 9.97 Å². The number of halogens is 2. The third kappa shape index (κ3) is 7.05. The van der Waals surface area contributed by atoms with Crippen LogP contribution in [-0.2, 0) is 25.6 Å². The molecule has 4 unspecified atom stereocenters. The molecule has 238 valence electrons. The number of fused-ring (bicyclic) bond motifs is 5. The molecule has 1 aromatic carbocycles. The first kappa shape index (κ1) is 32.6. The highest BCUT2D eigenvalue weighted by Crippen LogP contribution is 2.37. The molecule has 0 spiro atoms. The first-order valence-corrected chi connectivity index (χ1v) is 15.5. The largest absolute Gasteiger partial charge is 0.496 e. The highest BCUT2D eigenvalue weighted by molar-refractivity contribution is 6.28. The predicted molar refractivity (Wildman–Crippen MR) is 172 cm³/mol. The van der Waals surface area contributed by atoms with Crippen molar-refractivity contribution in [2.45, 2.75) is 77.2 Å². The lowest BCUT2D eigenvalue weighted by Gasteiger charge is -2.36. The van der Waals surface area contributed by atoms with Crippen LogP contribution >= 0.6 is 24.0 Å². The Labute approximate surface area is 269 Å². The van der Waals surface area contributed by atoms with Gasteiger partial charge in [0.1, 0.15) is 18.2 Å². The number of carbonyl (C=O) groups is 1. The van der Waals surface area contributed by atoms with E-state index in [1.54, 1.807) is 7.11 Å². The number of carbonyl (C=O) groups excluding carboxylic acids is 1. The van der Waals surface area contributed by atoms with Crippen LogP contribution in [0.25, 0.3) is 22.3 Å². The van der Waals surface area contributed by atoms with Gasteiger partial charge in [0.15, 0.2) is 5.65 Å². The van der Waals surface area contributed by atoms with Crippen molar-refractivity contribution in [3.63, 3.8) is 0 Å². The van der Waals surface area contributed by atoms with E-state index in [4.69, 9.17) is 35.5 Å². The molecule has 1 N–H and O–H groups in total. The molecule has 10 nitrogen and oxygen atoms in total. The van der Waals surface area contributed by atoms with Crippen molar-refractivity contribution < 1.29 is 23.7 Å². The summed E-state index contributed by atoms with van der Waals surface area (Å²) >= 11 is 6.34. The summed E-state index contributed by atoms with van der Waals surface area (Å²) in [4.78, 5) is 28.4. The van der Waals surface area contributed by atoms with Gasteiger partial charge in [-0.05, 0) is 88.4 Å². The standard InChI is InChI=1S/C26H29ClN4O4.C6H11NO.ClH/c1-26(2,3)24(32)35-12-16-11-15(5-10-21(16)33-4)20-9-8-19-22(28-20)29-25(27)30-23(19)31-17-6-7-18(31)14-34-13-17;1-2-6-4-8-3-5(1)7-6;/h5,8-11,17-18H,6-7,12-14H2,1-4H3;5-7H,1-4H2;1H. The van der Waals surface area contributed by atoms with E-state index in [1.807, 2.05) is 51.1 Å². The van der Waals surface area contributed by atoms with Gasteiger partial charge in [0.25, 0.3) is 0 Å². The zero-order valence-corrected chi connectivity index (χ0v) is 27.2. The fraction of sp³-hybridized carbons (Fsp3) is 0.562. The number of pyridine rings is 1. The molecule has 0 amide bonds. The first-order chi connectivity index (χ1) is 20.7. The Bertz CT molecular complexity index is 1460. The van der Waals surface area contributed by atoms with Gasteiger partial charge in [0.2, 0.25) is 5.28 Å². The van der Waals surface area contributed by atoms with Gasteiger partial charge in [-0.15, -0.1) is 12.4 Å². The van der Waals surface area contributed by atoms with Gasteiger partial charge in [0, 0.05) is 23.2 Å². The van der Waals surface area contributed by atoms with E-state index in [-0.39, 0.29) is 30.3 Å². The summed E-state index contributed by atoms with van der Waals surface area (Å²) in [5.41, 5.74) is 2.31. The van der Waals surface area contributed by atoms with Crippen molar-refractivity contribution in [3.05, 3.63) is 41.2 Å². The molecule has 4 atom stereocenters. The number of methoxy groups -OCH3 is 1. The summed E-state index contributed by atoms with van der Waals surface area (Å²) < 4.78 is 22.0. The van der Waals surface area contributed by atoms with Crippen LogP contribution in [0.5, 0.6) is 5.75 Å². The molecule has 4 bridgehead atoms. The van der Waals surface area contributed by atoms with Gasteiger partial charge < -0.3 is 29.2 Å². The van der Waals surface area contributed by atoms with E-state index in [2.05, 4.69) is 20.2 Å². The minimum atomic E-state index is -0.582. The lowest BCUT2D eigenvalue weighted by atomic mass is 9.97. The second-order valence-corrected chi connectivity index (χ2v) is 13.1. The Morgan fingerprint density at radius 2 is 1.66 bits per heavy atom. The lowest BCUT2D eigenvalue weighted by molar-refractivity contribution is -0.154. The number of nitrogens with zero attached hydrogens (tertiary/aromatic N) is 4. The number of benzene rings is 1. The van der Waals surface area contributed by atoms with E-state index in [0.29, 0.717) is 48.8 Å². The molecule has 4 fully saturated rings.